The molecule has 5 rings (SSSR count). The number of hydrogen-bond acceptors (Lipinski definition) is 5. The van der Waals surface area contributed by atoms with Gasteiger partial charge in [0.2, 0.25) is 11.8 Å². The molecule has 1 aliphatic rings. The Morgan fingerprint density at radius 1 is 1.00 bits per heavy atom. The second-order valence-electron chi connectivity index (χ2n) is 11.6. The number of rotatable bonds is 6. The number of piperidine rings is 1. The lowest BCUT2D eigenvalue weighted by molar-refractivity contribution is -0.139. The van der Waals surface area contributed by atoms with E-state index < -0.39 is 22.9 Å². The molecule has 13 heteroatoms. The summed E-state index contributed by atoms with van der Waals surface area (Å²) in [5.41, 5.74) is -1.06. The minimum absolute atomic E-state index is 0.00243. The Labute approximate surface area is 283 Å². The van der Waals surface area contributed by atoms with Crippen molar-refractivity contribution in [3.63, 3.8) is 0 Å². The number of alkyl halides is 3. The second kappa shape index (κ2) is 13.7. The summed E-state index contributed by atoms with van der Waals surface area (Å²) in [5, 5.41) is 21.8. The van der Waals surface area contributed by atoms with Gasteiger partial charge in [-0.25, -0.2) is 0 Å². The van der Waals surface area contributed by atoms with Gasteiger partial charge in [0.05, 0.1) is 11.3 Å². The molecule has 2 amide bonds. The first-order valence-corrected chi connectivity index (χ1v) is 15.6. The second-order valence-corrected chi connectivity index (χ2v) is 12.5. The number of carbonyl (C=O) groups is 2. The van der Waals surface area contributed by atoms with Crippen LogP contribution in [-0.4, -0.2) is 51.8 Å². The zero-order chi connectivity index (χ0) is 34.9. The summed E-state index contributed by atoms with van der Waals surface area (Å²) in [6.07, 6.45) is -3.72. The van der Waals surface area contributed by atoms with Crippen LogP contribution in [0.4, 0.5) is 13.2 Å². The van der Waals surface area contributed by atoms with Gasteiger partial charge in [0, 0.05) is 71.8 Å². The molecule has 0 atom stereocenters. The summed E-state index contributed by atoms with van der Waals surface area (Å²) in [6, 6.07) is 15.7. The van der Waals surface area contributed by atoms with Gasteiger partial charge < -0.3 is 19.9 Å². The number of aromatic amines is 1. The maximum absolute atomic E-state index is 13.6. The topological polar surface area (TPSA) is 117 Å². The number of nitrogens with zero attached hydrogens (tertiary/aromatic N) is 3. The van der Waals surface area contributed by atoms with E-state index in [1.807, 2.05) is 0 Å². The van der Waals surface area contributed by atoms with Gasteiger partial charge in [-0.2, -0.15) is 18.4 Å². The Balaban J connectivity index is 1.62. The number of benzene rings is 3. The van der Waals surface area contributed by atoms with E-state index >= 15 is 0 Å². The molecule has 0 bridgehead atoms. The fourth-order valence-electron chi connectivity index (χ4n) is 5.85. The Bertz CT molecular complexity index is 2000. The Morgan fingerprint density at radius 2 is 1.67 bits per heavy atom. The van der Waals surface area contributed by atoms with Gasteiger partial charge in [-0.1, -0.05) is 35.3 Å². The highest BCUT2D eigenvalue weighted by molar-refractivity contribution is 6.33. The predicted octanol–water partition coefficient (Wildman–Crippen LogP) is 7.50. The number of nitriles is 1. The van der Waals surface area contributed by atoms with Crippen LogP contribution in [0.1, 0.15) is 36.5 Å². The third-order valence-corrected chi connectivity index (χ3v) is 9.04. The number of halogens is 5. The quantitative estimate of drug-likeness (QED) is 0.217. The molecule has 1 aromatic heterocycles. The van der Waals surface area contributed by atoms with Crippen LogP contribution >= 0.6 is 23.2 Å². The summed E-state index contributed by atoms with van der Waals surface area (Å²) >= 11 is 12.4. The molecular formula is C35H29Cl2F3N4O4. The fourth-order valence-corrected chi connectivity index (χ4v) is 6.20. The lowest BCUT2D eigenvalue weighted by Crippen LogP contribution is -2.42. The van der Waals surface area contributed by atoms with Gasteiger partial charge in [0.1, 0.15) is 17.4 Å². The normalized spacial score (nSPS) is 13.7. The van der Waals surface area contributed by atoms with Crippen molar-refractivity contribution in [1.82, 2.24) is 14.8 Å². The van der Waals surface area contributed by atoms with Crippen LogP contribution in [0.15, 0.2) is 65.5 Å². The largest absolute Gasteiger partial charge is 0.507 e. The molecule has 0 aliphatic carbocycles. The van der Waals surface area contributed by atoms with Crippen LogP contribution in [0.25, 0.3) is 33.5 Å². The summed E-state index contributed by atoms with van der Waals surface area (Å²) in [4.78, 5) is 44.1. The van der Waals surface area contributed by atoms with E-state index in [0.29, 0.717) is 47.6 Å². The first-order valence-electron chi connectivity index (χ1n) is 14.8. The minimum Gasteiger partial charge on any atom is -0.507 e. The number of phenols is 1. The molecule has 48 heavy (non-hydrogen) atoms. The number of likely N-dealkylation sites (tertiary alicyclic amines) is 1. The monoisotopic (exact) mass is 696 g/mol. The summed E-state index contributed by atoms with van der Waals surface area (Å²) in [6.45, 7) is 2.38. The SMILES string of the molecule is CC(=O)N1CCC(C(=O)N(C)Cc2cc(-c3ccc(Cl)cc3)cc(-c3cc(-c4cc(C(F)(F)F)ccc4Cl)c(C#N)c(=O)[nH]3)c2O)CC1. The van der Waals surface area contributed by atoms with Crippen molar-refractivity contribution in [2.45, 2.75) is 32.5 Å². The zero-order valence-electron chi connectivity index (χ0n) is 25.8. The number of hydrogen-bond donors (Lipinski definition) is 2. The average molecular weight is 698 g/mol. The Hall–Kier alpha value is -4.79. The van der Waals surface area contributed by atoms with Gasteiger partial charge in [-0.15, -0.1) is 0 Å². The molecule has 248 valence electrons. The molecule has 4 aromatic rings. The molecule has 1 saturated heterocycles. The van der Waals surface area contributed by atoms with Crippen LogP contribution in [-0.2, 0) is 22.3 Å². The number of nitrogens with one attached hydrogen (secondary N) is 1. The van der Waals surface area contributed by atoms with Gasteiger partial charge in [-0.05, 0) is 72.5 Å². The predicted molar refractivity (Wildman–Crippen MR) is 176 cm³/mol. The molecule has 0 radical (unpaired) electrons. The number of pyridine rings is 1. The molecule has 3 aromatic carbocycles. The van der Waals surface area contributed by atoms with E-state index in [-0.39, 0.29) is 57.4 Å². The van der Waals surface area contributed by atoms with E-state index in [9.17, 15) is 37.9 Å². The van der Waals surface area contributed by atoms with E-state index in [1.165, 1.54) is 17.9 Å². The van der Waals surface area contributed by atoms with Crippen molar-refractivity contribution >= 4 is 35.0 Å². The fraction of sp³-hybridized carbons (Fsp3) is 0.257. The number of aromatic nitrogens is 1. The summed E-state index contributed by atoms with van der Waals surface area (Å²) in [7, 11) is 1.60. The molecule has 2 N–H and O–H groups in total. The van der Waals surface area contributed by atoms with Gasteiger partial charge in [-0.3, -0.25) is 14.4 Å². The maximum atomic E-state index is 13.6. The van der Waals surface area contributed by atoms with Gasteiger partial charge >= 0.3 is 6.18 Å². The lowest BCUT2D eigenvalue weighted by atomic mass is 9.93. The molecule has 8 nitrogen and oxygen atoms in total. The van der Waals surface area contributed by atoms with Crippen LogP contribution in [0.3, 0.4) is 0 Å². The van der Waals surface area contributed by atoms with Crippen molar-refractivity contribution in [3.05, 3.63) is 97.8 Å². The summed E-state index contributed by atoms with van der Waals surface area (Å²) < 4.78 is 40.9. The number of H-pyrrole nitrogens is 1. The van der Waals surface area contributed by atoms with E-state index in [1.54, 1.807) is 54.4 Å². The van der Waals surface area contributed by atoms with E-state index in [4.69, 9.17) is 23.2 Å². The maximum Gasteiger partial charge on any atom is 0.416 e. The average Bonchev–Trinajstić information content (AvgIpc) is 3.05. The van der Waals surface area contributed by atoms with Crippen molar-refractivity contribution in [3.8, 4) is 45.3 Å². The van der Waals surface area contributed by atoms with Crippen molar-refractivity contribution < 1.29 is 27.9 Å². The van der Waals surface area contributed by atoms with E-state index in [2.05, 4.69) is 4.98 Å². The number of carbonyl (C=O) groups excluding carboxylic acids is 2. The molecule has 0 unspecified atom stereocenters. The number of amides is 2. The van der Waals surface area contributed by atoms with Crippen LogP contribution in [0.2, 0.25) is 10.0 Å². The first kappa shape index (κ1) is 34.5. The molecular weight excluding hydrogens is 668 g/mol. The van der Waals surface area contributed by atoms with Crippen molar-refractivity contribution in [1.29, 1.82) is 5.26 Å². The van der Waals surface area contributed by atoms with Crippen molar-refractivity contribution in [2.75, 3.05) is 20.1 Å². The Morgan fingerprint density at radius 3 is 2.27 bits per heavy atom. The third-order valence-electron chi connectivity index (χ3n) is 8.46. The molecule has 2 heterocycles. The number of phenolic OH excluding ortho intramolecular Hbond substituents is 1. The molecule has 0 saturated carbocycles. The first-order chi connectivity index (χ1) is 22.7. The van der Waals surface area contributed by atoms with Crippen molar-refractivity contribution in [2.24, 2.45) is 5.92 Å². The highest BCUT2D eigenvalue weighted by Gasteiger charge is 2.32. The van der Waals surface area contributed by atoms with E-state index in [0.717, 1.165) is 18.2 Å². The van der Waals surface area contributed by atoms with Gasteiger partial charge in [0.15, 0.2) is 0 Å². The lowest BCUT2D eigenvalue weighted by Gasteiger charge is -2.32. The van der Waals surface area contributed by atoms with Crippen LogP contribution in [0.5, 0.6) is 5.75 Å². The molecule has 1 aliphatic heterocycles. The summed E-state index contributed by atoms with van der Waals surface area (Å²) in [5.74, 6) is -0.823. The standard InChI is InChI=1S/C35H29Cl2F3N4O4/c1-19(45)44-11-9-21(10-12-44)34(48)43(2)18-23-13-22(20-3-6-25(36)7-4-20)14-28(32(23)46)31-16-26(29(17-41)33(47)42-31)27-15-24(35(38,39)40)5-8-30(27)37/h3-8,13-16,21,46H,9-12,18H2,1-2H3,(H,42,47). The van der Waals surface area contributed by atoms with Crippen LogP contribution < -0.4 is 5.56 Å². The number of aromatic hydroxyl groups is 1. The highest BCUT2D eigenvalue weighted by Crippen LogP contribution is 2.41. The Kier molecular flexibility index (Phi) is 9.89. The minimum atomic E-state index is -4.72. The highest BCUT2D eigenvalue weighted by atomic mass is 35.5. The molecule has 0 spiro atoms. The zero-order valence-corrected chi connectivity index (χ0v) is 27.3. The smallest absolute Gasteiger partial charge is 0.416 e. The van der Waals surface area contributed by atoms with Crippen LogP contribution in [0, 0.1) is 17.2 Å². The molecule has 1 fully saturated rings. The van der Waals surface area contributed by atoms with Gasteiger partial charge in [0.25, 0.3) is 5.56 Å². The third kappa shape index (κ3) is 7.20.